The monoisotopic (exact) mass is 215 g/mol. The van der Waals surface area contributed by atoms with E-state index < -0.39 is 20.8 Å². The van der Waals surface area contributed by atoms with Crippen molar-refractivity contribution in [3.63, 3.8) is 0 Å². The molecule has 0 aromatic carbocycles. The maximum absolute atomic E-state index is 10.4. The van der Waals surface area contributed by atoms with E-state index in [1.807, 2.05) is 9.39 Å². The first-order chi connectivity index (χ1) is 5.65. The van der Waals surface area contributed by atoms with Gasteiger partial charge in [0.2, 0.25) is 6.23 Å². The van der Waals surface area contributed by atoms with Crippen molar-refractivity contribution < 1.29 is 23.5 Å². The Bertz CT molecular complexity index is 141. The lowest BCUT2D eigenvalue weighted by Crippen LogP contribution is -2.31. The van der Waals surface area contributed by atoms with E-state index in [2.05, 4.69) is 14.1 Å². The van der Waals surface area contributed by atoms with E-state index in [1.54, 1.807) is 0 Å². The molecule has 72 valence electrons. The summed E-state index contributed by atoms with van der Waals surface area (Å²) >= 11 is 0. The molecule has 8 heteroatoms. The summed E-state index contributed by atoms with van der Waals surface area (Å²) in [6.07, 6.45) is -1.14. The quantitative estimate of drug-likeness (QED) is 0.490. The van der Waals surface area contributed by atoms with Crippen LogP contribution in [0.15, 0.2) is 0 Å². The molecular weight excluding hydrogens is 204 g/mol. The standard InChI is InChI=1S/C4H11NO5P2/c1-8-12(9-2)10-3(5-11)4(6)7/h3,5H,11H2,1-2H3,(H,6,7). The average Bonchev–Trinajstić information content (AvgIpc) is 2.06. The van der Waals surface area contributed by atoms with Gasteiger partial charge >= 0.3 is 14.6 Å². The van der Waals surface area contributed by atoms with E-state index in [9.17, 15) is 4.79 Å². The van der Waals surface area contributed by atoms with Crippen LogP contribution in [0.4, 0.5) is 0 Å². The molecule has 0 rings (SSSR count). The van der Waals surface area contributed by atoms with Crippen LogP contribution in [0.5, 0.6) is 0 Å². The molecule has 0 bridgehead atoms. The number of carboxylic acids is 1. The predicted molar refractivity (Wildman–Crippen MR) is 46.3 cm³/mol. The van der Waals surface area contributed by atoms with E-state index >= 15 is 0 Å². The Balaban J connectivity index is 3.91. The SMILES string of the molecule is COP(OC)OC(NP)C(=O)O. The van der Waals surface area contributed by atoms with Crippen LogP contribution in [0.1, 0.15) is 0 Å². The molecule has 0 radical (unpaired) electrons. The molecule has 0 aromatic rings. The van der Waals surface area contributed by atoms with Gasteiger partial charge in [0.15, 0.2) is 0 Å². The summed E-state index contributed by atoms with van der Waals surface area (Å²) in [5, 5.41) is 10.9. The zero-order chi connectivity index (χ0) is 9.56. The number of nitrogens with one attached hydrogen (secondary N) is 1. The minimum atomic E-state index is -1.59. The van der Waals surface area contributed by atoms with Crippen LogP contribution in [-0.4, -0.2) is 31.5 Å². The van der Waals surface area contributed by atoms with Gasteiger partial charge in [-0.1, -0.05) is 9.39 Å². The molecule has 0 aliphatic rings. The fourth-order valence-corrected chi connectivity index (χ4v) is 1.36. The van der Waals surface area contributed by atoms with Gasteiger partial charge in [-0.05, 0) is 0 Å². The zero-order valence-corrected chi connectivity index (χ0v) is 8.73. The highest BCUT2D eigenvalue weighted by Gasteiger charge is 2.21. The lowest BCUT2D eigenvalue weighted by molar-refractivity contribution is -0.146. The van der Waals surface area contributed by atoms with Crippen molar-refractivity contribution >= 4 is 24.0 Å². The van der Waals surface area contributed by atoms with E-state index in [-0.39, 0.29) is 0 Å². The molecule has 0 saturated carbocycles. The summed E-state index contributed by atoms with van der Waals surface area (Å²) in [5.74, 6) is -1.13. The first-order valence-electron chi connectivity index (χ1n) is 2.89. The van der Waals surface area contributed by atoms with Gasteiger partial charge < -0.3 is 14.2 Å². The molecule has 0 aliphatic carbocycles. The molecule has 0 heterocycles. The highest BCUT2D eigenvalue weighted by molar-refractivity contribution is 7.41. The van der Waals surface area contributed by atoms with Crippen molar-refractivity contribution in [1.82, 2.24) is 5.09 Å². The lowest BCUT2D eigenvalue weighted by atomic mass is 10.6. The fraction of sp³-hybridized carbons (Fsp3) is 0.750. The van der Waals surface area contributed by atoms with Crippen LogP contribution < -0.4 is 5.09 Å². The molecule has 0 aliphatic heterocycles. The molecule has 2 N–H and O–H groups in total. The molecule has 0 amide bonds. The molecule has 6 nitrogen and oxygen atoms in total. The highest BCUT2D eigenvalue weighted by atomic mass is 31.2. The molecule has 0 fully saturated rings. The van der Waals surface area contributed by atoms with Crippen LogP contribution in [0.3, 0.4) is 0 Å². The second kappa shape index (κ2) is 6.66. The second-order valence-electron chi connectivity index (χ2n) is 1.58. The van der Waals surface area contributed by atoms with Gasteiger partial charge in [0.25, 0.3) is 0 Å². The van der Waals surface area contributed by atoms with Crippen molar-refractivity contribution in [3.8, 4) is 0 Å². The molecule has 12 heavy (non-hydrogen) atoms. The summed E-state index contributed by atoms with van der Waals surface area (Å²) in [6, 6.07) is 0. The van der Waals surface area contributed by atoms with Gasteiger partial charge in [0.05, 0.1) is 0 Å². The Morgan fingerprint density at radius 2 is 2.08 bits per heavy atom. The van der Waals surface area contributed by atoms with Gasteiger partial charge in [-0.2, -0.15) is 0 Å². The number of aliphatic carboxylic acids is 1. The van der Waals surface area contributed by atoms with Crippen LogP contribution in [-0.2, 0) is 18.4 Å². The zero-order valence-electron chi connectivity index (χ0n) is 6.68. The van der Waals surface area contributed by atoms with E-state index in [1.165, 1.54) is 14.2 Å². The lowest BCUT2D eigenvalue weighted by Gasteiger charge is -2.16. The van der Waals surface area contributed by atoms with Crippen molar-refractivity contribution in [2.75, 3.05) is 14.2 Å². The topological polar surface area (TPSA) is 77.0 Å². The Labute approximate surface area is 73.8 Å². The van der Waals surface area contributed by atoms with Gasteiger partial charge in [0, 0.05) is 14.2 Å². The van der Waals surface area contributed by atoms with Crippen LogP contribution in [0.2, 0.25) is 0 Å². The van der Waals surface area contributed by atoms with Crippen LogP contribution in [0.25, 0.3) is 0 Å². The summed E-state index contributed by atoms with van der Waals surface area (Å²) < 4.78 is 14.2. The van der Waals surface area contributed by atoms with Crippen molar-refractivity contribution in [1.29, 1.82) is 0 Å². The normalized spacial score (nSPS) is 13.3. The molecule has 0 aromatic heterocycles. The molecular formula is C4H11NO5P2. The van der Waals surface area contributed by atoms with Gasteiger partial charge in [-0.25, -0.2) is 4.79 Å². The highest BCUT2D eigenvalue weighted by Crippen LogP contribution is 2.38. The van der Waals surface area contributed by atoms with Crippen LogP contribution in [0, 0.1) is 0 Å². The first-order valence-corrected chi connectivity index (χ1v) is 4.57. The average molecular weight is 215 g/mol. The van der Waals surface area contributed by atoms with Gasteiger partial charge in [-0.3, -0.25) is 9.61 Å². The third kappa shape index (κ3) is 4.26. The number of carbonyl (C=O) groups is 1. The summed E-state index contributed by atoms with van der Waals surface area (Å²) in [5.41, 5.74) is 0. The van der Waals surface area contributed by atoms with Crippen molar-refractivity contribution in [3.05, 3.63) is 0 Å². The molecule has 2 atom stereocenters. The van der Waals surface area contributed by atoms with Crippen LogP contribution >= 0.6 is 18.0 Å². The largest absolute Gasteiger partial charge is 0.478 e. The fourth-order valence-electron chi connectivity index (χ4n) is 0.393. The van der Waals surface area contributed by atoms with E-state index in [0.29, 0.717) is 0 Å². The number of rotatable bonds is 6. The minimum Gasteiger partial charge on any atom is -0.478 e. The number of hydrogen-bond donors (Lipinski definition) is 2. The summed E-state index contributed by atoms with van der Waals surface area (Å²) in [6.45, 7) is 0. The Morgan fingerprint density at radius 3 is 2.33 bits per heavy atom. The molecule has 0 spiro atoms. The molecule has 0 saturated heterocycles. The Morgan fingerprint density at radius 1 is 1.58 bits per heavy atom. The van der Waals surface area contributed by atoms with Crippen molar-refractivity contribution in [2.24, 2.45) is 0 Å². The van der Waals surface area contributed by atoms with Crippen molar-refractivity contribution in [2.45, 2.75) is 6.23 Å². The van der Waals surface area contributed by atoms with E-state index in [0.717, 1.165) is 0 Å². The van der Waals surface area contributed by atoms with E-state index in [4.69, 9.17) is 9.63 Å². The first kappa shape index (κ1) is 12.2. The predicted octanol–water partition coefficient (Wildman–Crippen LogP) is 0.313. The maximum atomic E-state index is 10.4. The second-order valence-corrected chi connectivity index (χ2v) is 3.30. The number of carboxylic acid groups (broad SMARTS) is 1. The summed E-state index contributed by atoms with van der Waals surface area (Å²) in [4.78, 5) is 10.4. The number of hydrogen-bond acceptors (Lipinski definition) is 5. The Hall–Kier alpha value is 0.170. The van der Waals surface area contributed by atoms with Gasteiger partial charge in [0.1, 0.15) is 0 Å². The smallest absolute Gasteiger partial charge is 0.348 e. The molecule has 2 unspecified atom stereocenters. The Kier molecular flexibility index (Phi) is 6.76. The third-order valence-corrected chi connectivity index (χ3v) is 2.15. The minimum absolute atomic E-state index is 1.13. The third-order valence-electron chi connectivity index (χ3n) is 0.865. The van der Waals surface area contributed by atoms with Gasteiger partial charge in [-0.15, -0.1) is 0 Å². The summed E-state index contributed by atoms with van der Waals surface area (Å²) in [7, 11) is 3.19. The maximum Gasteiger partial charge on any atom is 0.348 e.